The summed E-state index contributed by atoms with van der Waals surface area (Å²) in [6, 6.07) is 5.10. The van der Waals surface area contributed by atoms with Crippen molar-refractivity contribution in [3.05, 3.63) is 92.3 Å². The summed E-state index contributed by atoms with van der Waals surface area (Å²) in [6.07, 6.45) is 2.12. The van der Waals surface area contributed by atoms with Gasteiger partial charge in [0.1, 0.15) is 43.7 Å². The molecule has 2 fully saturated rings. The molecule has 0 saturated carbocycles. The minimum atomic E-state index is -6.09. The number of fused-ring (bicyclic) bond motifs is 4. The molecule has 0 aliphatic carbocycles. The number of hydrogen-bond donors (Lipinski definition) is 6. The van der Waals surface area contributed by atoms with E-state index in [0.717, 1.165) is 52.6 Å². The minimum Gasteiger partial charge on any atom is -0.741 e. The number of halogens is 6. The number of thioether (sulfide) groups is 2. The van der Waals surface area contributed by atoms with Crippen molar-refractivity contribution in [2.45, 2.75) is 49.7 Å². The number of nitrogens with two attached hydrogens (primary N) is 2. The van der Waals surface area contributed by atoms with Gasteiger partial charge in [0.05, 0.1) is 21.5 Å². The van der Waals surface area contributed by atoms with E-state index in [1.165, 1.54) is 47.5 Å². The molecule has 6 aromatic rings. The lowest BCUT2D eigenvalue weighted by atomic mass is 9.94. The lowest BCUT2D eigenvalue weighted by Crippen LogP contribution is -2.73. The lowest BCUT2D eigenvalue weighted by molar-refractivity contribution is -0.572. The van der Waals surface area contributed by atoms with Gasteiger partial charge in [0.25, 0.3) is 33.7 Å². The number of anilines is 2. The van der Waals surface area contributed by atoms with Gasteiger partial charge in [0.15, 0.2) is 56.6 Å². The van der Waals surface area contributed by atoms with Crippen LogP contribution in [0.5, 0.6) is 0 Å². The third-order valence-electron chi connectivity index (χ3n) is 11.6. The molecule has 0 aromatic carbocycles. The number of oxime groups is 2. The molecule has 10 rings (SSSR count). The third-order valence-corrected chi connectivity index (χ3v) is 17.9. The van der Waals surface area contributed by atoms with E-state index in [-0.39, 0.29) is 44.5 Å². The van der Waals surface area contributed by atoms with Gasteiger partial charge in [-0.3, -0.25) is 29.0 Å². The molecule has 4 unspecified atom stereocenters. The highest BCUT2D eigenvalue weighted by atomic mass is 32.2. The van der Waals surface area contributed by atoms with E-state index in [1.54, 1.807) is 55.0 Å². The molecule has 10 heterocycles. The highest BCUT2D eigenvalue weighted by Gasteiger charge is 2.58. The van der Waals surface area contributed by atoms with Gasteiger partial charge in [-0.05, 0) is 26.0 Å². The Labute approximate surface area is 496 Å². The average Bonchev–Trinajstić information content (AvgIpc) is 1.60. The van der Waals surface area contributed by atoms with E-state index >= 15 is 0 Å². The molecular weight excluding hydrogens is 1290 g/mol. The zero-order valence-electron chi connectivity index (χ0n) is 43.1. The molecule has 452 valence electrons. The lowest BCUT2D eigenvalue weighted by Gasteiger charge is -2.48. The Bertz CT molecular complexity index is 3720. The van der Waals surface area contributed by atoms with Crippen molar-refractivity contribution in [3.63, 3.8) is 0 Å². The van der Waals surface area contributed by atoms with Crippen LogP contribution in [0.15, 0.2) is 81.5 Å². The standard InChI is InChI=1S/2C21H18N6O5S3.C2HF3O2.CHF3O3S/c2*1-9-5-10-3-4-26(6-13(10)35-9)19-16(20(30)31)27-12(8-33-19)15(18(27)29)24-17(28)14(25-32-2)11-7-34-21(22)23-11;3-2(4,5)1(6)7;2-1(3,4)8(5,6)7/h2*3-7,12,15H,8H2,1-2H3,(H3-,22,23,24,28,30,31);(H,6,7);(H,5,6,7). The zero-order valence-corrected chi connectivity index (χ0v) is 48.8. The largest absolute Gasteiger partial charge is 0.741 e. The molecule has 4 atom stereocenters. The number of nitrogen functional groups attached to an aromatic ring is 2. The molecule has 0 radical (unpaired) electrons. The maximum absolute atomic E-state index is 13.1. The van der Waals surface area contributed by atoms with E-state index in [1.807, 2.05) is 38.4 Å². The Morgan fingerprint density at radius 3 is 1.36 bits per heavy atom. The number of aryl methyl sites for hydroxylation is 2. The van der Waals surface area contributed by atoms with Crippen LogP contribution in [0.4, 0.5) is 36.6 Å². The van der Waals surface area contributed by atoms with E-state index in [0.29, 0.717) is 21.6 Å². The maximum atomic E-state index is 13.1. The van der Waals surface area contributed by atoms with Gasteiger partial charge in [0.2, 0.25) is 11.4 Å². The Morgan fingerprint density at radius 1 is 0.729 bits per heavy atom. The van der Waals surface area contributed by atoms with Crippen LogP contribution in [0.3, 0.4) is 0 Å². The molecule has 4 aliphatic heterocycles. The summed E-state index contributed by atoms with van der Waals surface area (Å²) < 4.78 is 95.9. The number of β-lactam (4-membered cyclic amide) rings is 2. The van der Waals surface area contributed by atoms with Crippen molar-refractivity contribution in [2.75, 3.05) is 37.2 Å². The minimum absolute atomic E-state index is 0.113. The fourth-order valence-electron chi connectivity index (χ4n) is 8.04. The van der Waals surface area contributed by atoms with Crippen molar-refractivity contribution in [3.8, 4) is 0 Å². The molecule has 40 heteroatoms. The van der Waals surface area contributed by atoms with Crippen LogP contribution in [-0.2, 0) is 53.4 Å². The fraction of sp³-hybridized carbons (Fsp3) is 0.267. The van der Waals surface area contributed by atoms with Crippen molar-refractivity contribution in [1.29, 1.82) is 0 Å². The van der Waals surface area contributed by atoms with Gasteiger partial charge in [-0.25, -0.2) is 28.0 Å². The Balaban J connectivity index is 0.000000197. The first kappa shape index (κ1) is 64.5. The van der Waals surface area contributed by atoms with Crippen LogP contribution in [0.25, 0.3) is 30.2 Å². The number of thiazole rings is 2. The molecule has 6 aromatic heterocycles. The summed E-state index contributed by atoms with van der Waals surface area (Å²) in [5.41, 5.74) is 5.62. The third kappa shape index (κ3) is 14.2. The van der Waals surface area contributed by atoms with Gasteiger partial charge >= 0.3 is 23.6 Å². The molecule has 2 saturated heterocycles. The smallest absolute Gasteiger partial charge is 0.485 e. The molecule has 8 N–H and O–H groups in total. The number of pyridine rings is 2. The summed E-state index contributed by atoms with van der Waals surface area (Å²) in [7, 11) is -3.52. The van der Waals surface area contributed by atoms with Gasteiger partial charge in [-0.1, -0.05) is 33.8 Å². The number of aromatic nitrogens is 4. The number of nitrogens with one attached hydrogen (secondary N) is 2. The molecule has 0 spiro atoms. The van der Waals surface area contributed by atoms with Gasteiger partial charge in [-0.15, -0.1) is 45.3 Å². The number of amides is 4. The number of carboxylic acid groups (broad SMARTS) is 3. The number of carbonyl (C=O) groups excluding carboxylic acids is 5. The van der Waals surface area contributed by atoms with Crippen molar-refractivity contribution < 1.29 is 107 Å². The molecule has 27 nitrogen and oxygen atoms in total. The number of aliphatic carboxylic acids is 3. The van der Waals surface area contributed by atoms with Gasteiger partial charge in [-0.2, -0.15) is 35.5 Å². The van der Waals surface area contributed by atoms with E-state index in [4.69, 9.17) is 44.0 Å². The first-order valence-corrected chi connectivity index (χ1v) is 29.8. The highest BCUT2D eigenvalue weighted by molar-refractivity contribution is 8.08. The summed E-state index contributed by atoms with van der Waals surface area (Å²) in [5, 5.41) is 48.1. The predicted octanol–water partition coefficient (Wildman–Crippen LogP) is 1.83. The molecule has 4 amide bonds. The summed E-state index contributed by atoms with van der Waals surface area (Å²) in [5.74, 6) is -7.00. The first-order chi connectivity index (χ1) is 39.7. The van der Waals surface area contributed by atoms with Crippen LogP contribution >= 0.6 is 68.9 Å². The van der Waals surface area contributed by atoms with Crippen LogP contribution in [0, 0.1) is 13.8 Å². The number of carboxylic acids is 3. The summed E-state index contributed by atoms with van der Waals surface area (Å²) >= 11 is 8.13. The number of hydrogen-bond acceptors (Lipinski definition) is 25. The van der Waals surface area contributed by atoms with Crippen LogP contribution < -0.4 is 36.3 Å². The maximum Gasteiger partial charge on any atom is 0.485 e. The van der Waals surface area contributed by atoms with Gasteiger partial charge in [0, 0.05) is 54.9 Å². The average molecular weight is 1330 g/mol. The van der Waals surface area contributed by atoms with E-state index in [9.17, 15) is 65.3 Å². The topological polar surface area (TPSA) is 400 Å². The second kappa shape index (κ2) is 25.7. The SMILES string of the molecule is CON=C(C(=O)NC1C(=O)N2C(C(=O)O)=C([n+]3ccc4cc(C)sc4c3)SCC12)c1csc(N)n1.CON=C(C(=O)NC1C(=O)N2C(C(=O)O)=C([n+]3ccc4cc(C)sc4c3)SCC12)c1csc(N)n1.O=C([O-])C(F)(F)F.O=S(=O)([O-])C(F)(F)F. The number of carbonyl (C=O) groups is 7. The highest BCUT2D eigenvalue weighted by Crippen LogP contribution is 2.41. The molecule has 4 aliphatic rings. The van der Waals surface area contributed by atoms with E-state index in [2.05, 4.69) is 43.0 Å². The monoisotopic (exact) mass is 1320 g/mol. The Kier molecular flexibility index (Phi) is 19.5. The number of rotatable bonds is 12. The number of thiophene rings is 2. The fourth-order valence-corrected chi connectivity index (χ4v) is 13.5. The molecule has 0 bridgehead atoms. The quantitative estimate of drug-likeness (QED) is 0.0194. The summed E-state index contributed by atoms with van der Waals surface area (Å²) in [6.45, 7) is 4.02. The van der Waals surface area contributed by atoms with Crippen LogP contribution in [-0.4, -0.2) is 157 Å². The predicted molar refractivity (Wildman–Crippen MR) is 292 cm³/mol. The second-order valence-corrected chi connectivity index (χ2v) is 24.9. The van der Waals surface area contributed by atoms with Crippen molar-refractivity contribution in [1.82, 2.24) is 30.4 Å². The second-order valence-electron chi connectivity index (χ2n) is 17.1. The van der Waals surface area contributed by atoms with Crippen LogP contribution in [0.2, 0.25) is 0 Å². The van der Waals surface area contributed by atoms with Crippen molar-refractivity contribution >= 4 is 172 Å². The Morgan fingerprint density at radius 2 is 1.08 bits per heavy atom. The number of nitrogens with zero attached hydrogens (tertiary/aromatic N) is 8. The Hall–Kier alpha value is -8.02. The molecular formula is C45H38F6N12O15S7. The van der Waals surface area contributed by atoms with E-state index < -0.39 is 87.5 Å². The van der Waals surface area contributed by atoms with Crippen LogP contribution in [0.1, 0.15) is 21.1 Å². The molecule has 85 heavy (non-hydrogen) atoms. The normalized spacial score (nSPS) is 18.7. The first-order valence-electron chi connectivity index (χ1n) is 23.0. The van der Waals surface area contributed by atoms with Crippen molar-refractivity contribution in [2.24, 2.45) is 10.3 Å². The summed E-state index contributed by atoms with van der Waals surface area (Å²) in [4.78, 5) is 108. The van der Waals surface area contributed by atoms with Gasteiger partial charge < -0.3 is 56.4 Å². The number of alkyl halides is 6. The zero-order chi connectivity index (χ0) is 62.8.